The second-order valence-electron chi connectivity index (χ2n) is 7.87. The molecule has 1 rings (SSSR count). The molecule has 0 saturated carbocycles. The van der Waals surface area contributed by atoms with Crippen LogP contribution in [0.2, 0.25) is 0 Å². The molecule has 0 heterocycles. The fraction of sp³-hybridized carbons (Fsp3) is 0.500. The second-order valence-corrected chi connectivity index (χ2v) is 8.93. The molecule has 0 spiro atoms. The molecule has 0 atom stereocenters. The number of nitrogens with one attached hydrogen (secondary N) is 1. The van der Waals surface area contributed by atoms with Crippen LogP contribution < -0.4 is 5.32 Å². The largest absolute Gasteiger partial charge is 0.352 e. The van der Waals surface area contributed by atoms with Crippen molar-refractivity contribution in [3.05, 3.63) is 64.8 Å². The number of thioether (sulfide) groups is 1. The van der Waals surface area contributed by atoms with Gasteiger partial charge >= 0.3 is 0 Å². The van der Waals surface area contributed by atoms with Crippen LogP contribution in [0.15, 0.2) is 64.1 Å². The highest BCUT2D eigenvalue weighted by Gasteiger charge is 2.10. The molecule has 0 unspecified atom stereocenters. The number of carbonyl (C=O) groups is 1. The van der Waals surface area contributed by atoms with Crippen LogP contribution in [-0.2, 0) is 9.78 Å². The van der Waals surface area contributed by atoms with Gasteiger partial charge in [-0.1, -0.05) is 47.1 Å². The summed E-state index contributed by atoms with van der Waals surface area (Å²) < 4.78 is 0. The third-order valence-electron chi connectivity index (χ3n) is 4.73. The number of amides is 1. The lowest BCUT2D eigenvalue weighted by Gasteiger charge is -2.09. The summed E-state index contributed by atoms with van der Waals surface area (Å²) in [5.74, 6) is 0.816. The topological polar surface area (TPSA) is 47.6 Å². The molecule has 172 valence electrons. The van der Waals surface area contributed by atoms with Crippen molar-refractivity contribution in [2.75, 3.05) is 26.0 Å². The first-order valence-electron chi connectivity index (χ1n) is 11.0. The van der Waals surface area contributed by atoms with Gasteiger partial charge in [-0.25, -0.2) is 9.78 Å². The summed E-state index contributed by atoms with van der Waals surface area (Å²) in [4.78, 5) is 22.9. The second kappa shape index (κ2) is 16.8. The van der Waals surface area contributed by atoms with Crippen LogP contribution >= 0.6 is 11.8 Å². The molecule has 4 nitrogen and oxygen atoms in total. The van der Waals surface area contributed by atoms with Gasteiger partial charge in [0.1, 0.15) is 0 Å². The van der Waals surface area contributed by atoms with Crippen molar-refractivity contribution < 1.29 is 14.6 Å². The lowest BCUT2D eigenvalue weighted by molar-refractivity contribution is -0.272. The van der Waals surface area contributed by atoms with Crippen molar-refractivity contribution in [1.29, 1.82) is 0 Å². The minimum absolute atomic E-state index is 0.0463. The van der Waals surface area contributed by atoms with Crippen LogP contribution in [0.5, 0.6) is 0 Å². The zero-order valence-electron chi connectivity index (χ0n) is 19.8. The molecule has 1 aromatic carbocycles. The van der Waals surface area contributed by atoms with E-state index in [0.29, 0.717) is 19.6 Å². The van der Waals surface area contributed by atoms with Gasteiger partial charge in [-0.05, 0) is 71.9 Å². The predicted molar refractivity (Wildman–Crippen MR) is 132 cm³/mol. The first-order chi connectivity index (χ1) is 14.9. The van der Waals surface area contributed by atoms with E-state index in [1.165, 1.54) is 23.8 Å². The smallest absolute Gasteiger partial charge is 0.252 e. The Labute approximate surface area is 193 Å². The van der Waals surface area contributed by atoms with Gasteiger partial charge < -0.3 is 5.32 Å². The lowest BCUT2D eigenvalue weighted by Crippen LogP contribution is -2.25. The molecule has 0 fully saturated rings. The van der Waals surface area contributed by atoms with Gasteiger partial charge in [0.15, 0.2) is 0 Å². The van der Waals surface area contributed by atoms with E-state index >= 15 is 0 Å². The van der Waals surface area contributed by atoms with E-state index in [2.05, 4.69) is 56.1 Å². The van der Waals surface area contributed by atoms with E-state index in [0.717, 1.165) is 41.9 Å². The zero-order chi connectivity index (χ0) is 22.9. The highest BCUT2D eigenvalue weighted by Crippen LogP contribution is 2.23. The monoisotopic (exact) mass is 445 g/mol. The summed E-state index contributed by atoms with van der Waals surface area (Å²) in [6, 6.07) is 7.77. The van der Waals surface area contributed by atoms with Crippen molar-refractivity contribution >= 4 is 17.7 Å². The highest BCUT2D eigenvalue weighted by molar-refractivity contribution is 7.99. The maximum Gasteiger partial charge on any atom is 0.252 e. The van der Waals surface area contributed by atoms with Gasteiger partial charge in [0.05, 0.1) is 19.3 Å². The molecule has 0 saturated heterocycles. The fourth-order valence-electron chi connectivity index (χ4n) is 2.90. The predicted octanol–water partition coefficient (Wildman–Crippen LogP) is 6.90. The maximum atomic E-state index is 12.5. The molecule has 0 aliphatic rings. The molecule has 0 radical (unpaired) electrons. The zero-order valence-corrected chi connectivity index (χ0v) is 20.6. The molecule has 0 aliphatic carbocycles. The Morgan fingerprint density at radius 2 is 1.68 bits per heavy atom. The quantitative estimate of drug-likeness (QED) is 0.105. The average molecular weight is 446 g/mol. The van der Waals surface area contributed by atoms with Crippen LogP contribution in [0, 0.1) is 0 Å². The van der Waals surface area contributed by atoms with Crippen LogP contribution in [0.3, 0.4) is 0 Å². The Balaban J connectivity index is 2.44. The minimum Gasteiger partial charge on any atom is -0.352 e. The average Bonchev–Trinajstić information content (AvgIpc) is 2.73. The Morgan fingerprint density at radius 3 is 2.39 bits per heavy atom. The van der Waals surface area contributed by atoms with Gasteiger partial charge in [0.25, 0.3) is 5.91 Å². The fourth-order valence-corrected chi connectivity index (χ4v) is 3.94. The van der Waals surface area contributed by atoms with Crippen molar-refractivity contribution in [2.45, 2.75) is 64.7 Å². The van der Waals surface area contributed by atoms with E-state index in [9.17, 15) is 4.79 Å². The van der Waals surface area contributed by atoms with E-state index in [-0.39, 0.29) is 5.91 Å². The molecule has 1 amide bonds. The van der Waals surface area contributed by atoms with Gasteiger partial charge in [-0.2, -0.15) is 0 Å². The third-order valence-corrected chi connectivity index (χ3v) is 5.73. The summed E-state index contributed by atoms with van der Waals surface area (Å²) in [6.45, 7) is 9.72. The van der Waals surface area contributed by atoms with E-state index < -0.39 is 0 Å². The van der Waals surface area contributed by atoms with Crippen LogP contribution in [0.25, 0.3) is 0 Å². The number of allylic oxidation sites excluding steroid dienone is 5. The Kier molecular flexibility index (Phi) is 14.8. The van der Waals surface area contributed by atoms with Crippen LogP contribution in [0.4, 0.5) is 0 Å². The first kappa shape index (κ1) is 27.2. The lowest BCUT2D eigenvalue weighted by atomic mass is 10.1. The summed E-state index contributed by atoms with van der Waals surface area (Å²) >= 11 is 1.70. The van der Waals surface area contributed by atoms with Crippen molar-refractivity contribution in [3.63, 3.8) is 0 Å². The van der Waals surface area contributed by atoms with Crippen LogP contribution in [0.1, 0.15) is 70.2 Å². The number of rotatable bonds is 15. The normalized spacial score (nSPS) is 12.0. The summed E-state index contributed by atoms with van der Waals surface area (Å²) in [5, 5.41) is 2.94. The summed E-state index contributed by atoms with van der Waals surface area (Å²) in [6.07, 6.45) is 12.1. The molecule has 31 heavy (non-hydrogen) atoms. The number of benzene rings is 1. The number of hydrogen-bond donors (Lipinski definition) is 1. The van der Waals surface area contributed by atoms with E-state index in [4.69, 9.17) is 4.89 Å². The summed E-state index contributed by atoms with van der Waals surface area (Å²) in [7, 11) is 1.48. The SMILES string of the molecule is COOCCCNC(=O)c1ccccc1SCC=C(C)CCC=C(C)CCC=C(C)C. The highest BCUT2D eigenvalue weighted by atomic mass is 32.2. The van der Waals surface area contributed by atoms with E-state index in [1.54, 1.807) is 11.8 Å². The third kappa shape index (κ3) is 13.2. The molecule has 1 N–H and O–H groups in total. The molecular formula is C26H39NO3S. The standard InChI is InChI=1S/C26H39NO3S/c1-21(2)11-8-12-22(3)13-9-14-23(4)17-20-31-25-16-7-6-15-24(25)26(28)27-18-10-19-30-29-5/h6-7,11,13,15-17H,8-10,12,14,18-20H2,1-5H3,(H,27,28). The maximum absolute atomic E-state index is 12.5. The Bertz CT molecular complexity index is 749. The van der Waals surface area contributed by atoms with Gasteiger partial charge in [0, 0.05) is 17.2 Å². The number of hydrogen-bond acceptors (Lipinski definition) is 4. The molecule has 5 heteroatoms. The minimum atomic E-state index is -0.0463. The molecule has 0 aromatic heterocycles. The summed E-state index contributed by atoms with van der Waals surface area (Å²) in [5.41, 5.74) is 4.97. The van der Waals surface area contributed by atoms with Crippen molar-refractivity contribution in [1.82, 2.24) is 5.32 Å². The van der Waals surface area contributed by atoms with Gasteiger partial charge in [0.2, 0.25) is 0 Å². The molecule has 0 aliphatic heterocycles. The Morgan fingerprint density at radius 1 is 1.00 bits per heavy atom. The van der Waals surface area contributed by atoms with E-state index in [1.807, 2.05) is 24.3 Å². The first-order valence-corrected chi connectivity index (χ1v) is 12.0. The molecule has 0 bridgehead atoms. The van der Waals surface area contributed by atoms with Crippen molar-refractivity contribution in [3.8, 4) is 0 Å². The van der Waals surface area contributed by atoms with Crippen LogP contribution in [-0.4, -0.2) is 31.9 Å². The molecular weight excluding hydrogens is 406 g/mol. The van der Waals surface area contributed by atoms with Gasteiger partial charge in [-0.15, -0.1) is 11.8 Å². The number of carbonyl (C=O) groups excluding carboxylic acids is 1. The van der Waals surface area contributed by atoms with Crippen molar-refractivity contribution in [2.24, 2.45) is 0 Å². The Hall–Kier alpha value is -1.82. The van der Waals surface area contributed by atoms with Gasteiger partial charge in [-0.3, -0.25) is 4.79 Å². The molecule has 1 aromatic rings.